The summed E-state index contributed by atoms with van der Waals surface area (Å²) in [5.41, 5.74) is -0.163. The maximum absolute atomic E-state index is 14.0. The van der Waals surface area contributed by atoms with Crippen LogP contribution in [0.1, 0.15) is 50.5 Å². The molecule has 1 aromatic rings. The number of rotatable bonds is 8. The topological polar surface area (TPSA) is 9.23 Å². The molecular weight excluding hydrogens is 339 g/mol. The molecule has 0 bridgehead atoms. The third-order valence-electron chi connectivity index (χ3n) is 4.77. The first kappa shape index (κ1) is 19.9. The summed E-state index contributed by atoms with van der Waals surface area (Å²) in [4.78, 5) is 0. The molecule has 1 aromatic carbocycles. The van der Waals surface area contributed by atoms with E-state index in [0.29, 0.717) is 18.1 Å². The van der Waals surface area contributed by atoms with Crippen LogP contribution in [0.25, 0.3) is 0 Å². The van der Waals surface area contributed by atoms with Gasteiger partial charge >= 0.3 is 6.11 Å². The maximum Gasteiger partial charge on any atom is 0.356 e. The first-order chi connectivity index (χ1) is 11.8. The first-order valence-electron chi connectivity index (χ1n) is 8.57. The Morgan fingerprint density at radius 1 is 1.04 bits per heavy atom. The zero-order valence-corrected chi connectivity index (χ0v) is 14.0. The van der Waals surface area contributed by atoms with Crippen molar-refractivity contribution in [1.29, 1.82) is 0 Å². The van der Waals surface area contributed by atoms with Crippen molar-refractivity contribution >= 4 is 0 Å². The molecule has 0 aliphatic heterocycles. The third-order valence-corrected chi connectivity index (χ3v) is 4.77. The van der Waals surface area contributed by atoms with Crippen LogP contribution < -0.4 is 0 Å². The fraction of sp³-hybridized carbons (Fsp3) is 0.579. The Morgan fingerprint density at radius 2 is 1.60 bits per heavy atom. The monoisotopic (exact) mass is 362 g/mol. The van der Waals surface area contributed by atoms with E-state index in [2.05, 4.69) is 11.3 Å². The normalized spacial score (nSPS) is 21.3. The lowest BCUT2D eigenvalue weighted by molar-refractivity contribution is -0.256. The van der Waals surface area contributed by atoms with Gasteiger partial charge in [0.15, 0.2) is 17.5 Å². The van der Waals surface area contributed by atoms with Crippen molar-refractivity contribution in [2.24, 2.45) is 11.8 Å². The molecule has 0 spiro atoms. The molecule has 0 radical (unpaired) electrons. The van der Waals surface area contributed by atoms with E-state index in [1.165, 1.54) is 0 Å². The quantitative estimate of drug-likeness (QED) is 0.296. The highest BCUT2D eigenvalue weighted by Crippen LogP contribution is 2.38. The summed E-state index contributed by atoms with van der Waals surface area (Å²) in [6.45, 7) is 3.02. The minimum Gasteiger partial charge on any atom is -0.316 e. The molecule has 140 valence electrons. The summed E-state index contributed by atoms with van der Waals surface area (Å²) in [6.07, 6.45) is 3.36. The van der Waals surface area contributed by atoms with Gasteiger partial charge in [0.1, 0.15) is 0 Å². The largest absolute Gasteiger partial charge is 0.356 e. The number of hydrogen-bond donors (Lipinski definition) is 0. The van der Waals surface area contributed by atoms with Crippen LogP contribution in [0.15, 0.2) is 24.8 Å². The molecule has 6 heteroatoms. The van der Waals surface area contributed by atoms with Gasteiger partial charge in [0.2, 0.25) is 0 Å². The molecule has 1 fully saturated rings. The minimum absolute atomic E-state index is 0.128. The molecule has 25 heavy (non-hydrogen) atoms. The fourth-order valence-corrected chi connectivity index (χ4v) is 3.35. The van der Waals surface area contributed by atoms with Gasteiger partial charge in [-0.05, 0) is 55.2 Å². The van der Waals surface area contributed by atoms with Gasteiger partial charge in [-0.2, -0.15) is 8.78 Å². The highest BCUT2D eigenvalue weighted by atomic mass is 19.3. The molecule has 1 saturated carbocycles. The molecule has 2 rings (SSSR count). The van der Waals surface area contributed by atoms with Crippen LogP contribution in [0.3, 0.4) is 0 Å². The van der Waals surface area contributed by atoms with Crippen LogP contribution >= 0.6 is 0 Å². The molecule has 0 amide bonds. The lowest BCUT2D eigenvalue weighted by atomic mass is 9.78. The second kappa shape index (κ2) is 8.79. The molecule has 1 aliphatic rings. The predicted octanol–water partition coefficient (Wildman–Crippen LogP) is 6.38. The van der Waals surface area contributed by atoms with E-state index < -0.39 is 36.6 Å². The molecular formula is C19H23F5O. The van der Waals surface area contributed by atoms with Crippen molar-refractivity contribution in [1.82, 2.24) is 0 Å². The average molecular weight is 362 g/mol. The third kappa shape index (κ3) is 6.10. The smallest absolute Gasteiger partial charge is 0.316 e. The Bertz CT molecular complexity index is 556. The summed E-state index contributed by atoms with van der Waals surface area (Å²) >= 11 is 0. The lowest BCUT2D eigenvalue weighted by Gasteiger charge is -2.30. The minimum atomic E-state index is -3.38. The van der Waals surface area contributed by atoms with Crippen molar-refractivity contribution in [3.8, 4) is 0 Å². The summed E-state index contributed by atoms with van der Waals surface area (Å²) in [7, 11) is 0. The molecule has 0 saturated heterocycles. The molecule has 0 aromatic heterocycles. The Hall–Kier alpha value is -1.43. The van der Waals surface area contributed by atoms with Crippen LogP contribution in [0.4, 0.5) is 22.0 Å². The van der Waals surface area contributed by atoms with Crippen molar-refractivity contribution in [2.75, 3.05) is 0 Å². The molecule has 0 unspecified atom stereocenters. The van der Waals surface area contributed by atoms with Crippen molar-refractivity contribution < 1.29 is 26.7 Å². The predicted molar refractivity (Wildman–Crippen MR) is 85.5 cm³/mol. The van der Waals surface area contributed by atoms with E-state index in [1.54, 1.807) is 0 Å². The zero-order chi connectivity index (χ0) is 18.4. The number of halogens is 5. The second-order valence-electron chi connectivity index (χ2n) is 6.76. The average Bonchev–Trinajstić information content (AvgIpc) is 2.57. The molecule has 0 heterocycles. The maximum atomic E-state index is 14.0. The Balaban J connectivity index is 1.81. The number of allylic oxidation sites excluding steroid dienone is 1. The van der Waals surface area contributed by atoms with Crippen LogP contribution in [0, 0.1) is 29.3 Å². The van der Waals surface area contributed by atoms with Crippen molar-refractivity contribution in [3.05, 3.63) is 47.8 Å². The van der Waals surface area contributed by atoms with Gasteiger partial charge in [0.25, 0.3) is 0 Å². The van der Waals surface area contributed by atoms with Crippen molar-refractivity contribution in [3.63, 3.8) is 0 Å². The number of hydrogen-bond acceptors (Lipinski definition) is 1. The summed E-state index contributed by atoms with van der Waals surface area (Å²) in [5.74, 6) is -4.02. The molecule has 0 N–H and O–H groups in total. The molecule has 1 aliphatic carbocycles. The Labute approximate surface area is 144 Å². The summed E-state index contributed by atoms with van der Waals surface area (Å²) < 4.78 is 71.6. The van der Waals surface area contributed by atoms with E-state index in [9.17, 15) is 22.0 Å². The Kier molecular flexibility index (Phi) is 6.99. The summed E-state index contributed by atoms with van der Waals surface area (Å²) in [6, 6.07) is 1.33. The van der Waals surface area contributed by atoms with Crippen LogP contribution in [-0.4, -0.2) is 6.11 Å². The molecule has 1 nitrogen and oxygen atoms in total. The molecule has 0 atom stereocenters. The van der Waals surface area contributed by atoms with E-state index in [4.69, 9.17) is 0 Å². The van der Waals surface area contributed by atoms with Gasteiger partial charge in [-0.1, -0.05) is 18.9 Å². The van der Waals surface area contributed by atoms with E-state index in [0.717, 1.165) is 38.5 Å². The van der Waals surface area contributed by atoms with E-state index >= 15 is 0 Å². The zero-order valence-electron chi connectivity index (χ0n) is 14.0. The highest BCUT2D eigenvalue weighted by Gasteiger charge is 2.35. The second-order valence-corrected chi connectivity index (χ2v) is 6.76. The number of ether oxygens (including phenoxy) is 1. The van der Waals surface area contributed by atoms with Gasteiger partial charge in [0.05, 0.1) is 6.61 Å². The number of alkyl halides is 2. The first-order valence-corrected chi connectivity index (χ1v) is 8.57. The van der Waals surface area contributed by atoms with Crippen LogP contribution in [0.2, 0.25) is 0 Å². The number of benzene rings is 1. The van der Waals surface area contributed by atoms with Gasteiger partial charge in [-0.15, -0.1) is 6.58 Å². The lowest BCUT2D eigenvalue weighted by Crippen LogP contribution is -2.27. The van der Waals surface area contributed by atoms with Gasteiger partial charge in [-0.25, -0.2) is 13.2 Å². The van der Waals surface area contributed by atoms with Crippen LogP contribution in [0.5, 0.6) is 0 Å². The van der Waals surface area contributed by atoms with Gasteiger partial charge < -0.3 is 4.74 Å². The van der Waals surface area contributed by atoms with Gasteiger partial charge in [-0.3, -0.25) is 0 Å². The van der Waals surface area contributed by atoms with E-state index in [-0.39, 0.29) is 11.5 Å². The highest BCUT2D eigenvalue weighted by molar-refractivity contribution is 5.18. The van der Waals surface area contributed by atoms with Crippen LogP contribution in [-0.2, 0) is 11.3 Å². The summed E-state index contributed by atoms with van der Waals surface area (Å²) in [5, 5.41) is 0. The van der Waals surface area contributed by atoms with Crippen molar-refractivity contribution in [2.45, 2.75) is 57.7 Å². The fourth-order valence-electron chi connectivity index (χ4n) is 3.35. The Morgan fingerprint density at radius 3 is 2.16 bits per heavy atom. The van der Waals surface area contributed by atoms with Gasteiger partial charge in [0, 0.05) is 6.42 Å². The van der Waals surface area contributed by atoms with E-state index in [1.807, 2.05) is 6.08 Å². The SMILES string of the molecule is C=CCC[C@H]1CC[C@H](CC(F)(F)OCc2cc(F)c(F)c(F)c2)CC1. The standard InChI is InChI=1S/C19H23F5O/c1-2-3-4-13-5-7-14(8-6-13)11-19(23,24)25-12-15-9-16(20)18(22)17(21)10-15/h2,9-10,13-14H,1,3-8,11-12H2/t13-,14-.